The van der Waals surface area contributed by atoms with Crippen molar-refractivity contribution >= 4 is 23.4 Å². The van der Waals surface area contributed by atoms with E-state index < -0.39 is 5.97 Å². The van der Waals surface area contributed by atoms with Crippen molar-refractivity contribution in [1.82, 2.24) is 14.9 Å². The molecule has 0 saturated heterocycles. The second-order valence-corrected chi connectivity index (χ2v) is 6.00. The van der Waals surface area contributed by atoms with Crippen LogP contribution in [0.4, 0.5) is 0 Å². The Balaban J connectivity index is 2.09. The van der Waals surface area contributed by atoms with E-state index in [0.29, 0.717) is 45.3 Å². The van der Waals surface area contributed by atoms with Crippen LogP contribution in [0.2, 0.25) is 0 Å². The molecule has 2 heterocycles. The normalized spacial score (nSPS) is 13.0. The predicted octanol–water partition coefficient (Wildman–Crippen LogP) is 1.76. The summed E-state index contributed by atoms with van der Waals surface area (Å²) in [7, 11) is 4.58. The van der Waals surface area contributed by atoms with E-state index in [-0.39, 0.29) is 6.42 Å². The molecule has 10 heteroatoms. The number of rotatable bonds is 6. The maximum atomic E-state index is 10.9. The van der Waals surface area contributed by atoms with Crippen LogP contribution in [0.15, 0.2) is 22.4 Å². The molecule has 3 rings (SSSR count). The van der Waals surface area contributed by atoms with Crippen molar-refractivity contribution in [3.8, 4) is 28.6 Å². The van der Waals surface area contributed by atoms with Gasteiger partial charge in [-0.25, -0.2) is 0 Å². The summed E-state index contributed by atoms with van der Waals surface area (Å²) in [5.74, 6) is 1.44. The molecule has 0 radical (unpaired) electrons. The predicted molar refractivity (Wildman–Crippen MR) is 90.9 cm³/mol. The maximum Gasteiger partial charge on any atom is 0.309 e. The van der Waals surface area contributed by atoms with E-state index in [1.807, 2.05) is 0 Å². The van der Waals surface area contributed by atoms with Gasteiger partial charge >= 0.3 is 5.97 Å². The number of fused-ring (bicyclic) bond motifs is 1. The van der Waals surface area contributed by atoms with Crippen LogP contribution in [-0.4, -0.2) is 58.7 Å². The van der Waals surface area contributed by atoms with Gasteiger partial charge in [0.1, 0.15) is 0 Å². The fraction of sp³-hybridized carbons (Fsp3) is 0.333. The van der Waals surface area contributed by atoms with Gasteiger partial charge in [0.15, 0.2) is 17.3 Å². The second-order valence-electron chi connectivity index (χ2n) is 5.06. The highest BCUT2D eigenvalue weighted by molar-refractivity contribution is 7.99. The molecular formula is C15H16N4O5S. The number of carboxylic acid groups (broad SMARTS) is 1. The molecule has 1 aliphatic rings. The van der Waals surface area contributed by atoms with Gasteiger partial charge in [-0.1, -0.05) is 11.8 Å². The lowest BCUT2D eigenvalue weighted by Gasteiger charge is -2.15. The van der Waals surface area contributed by atoms with Crippen molar-refractivity contribution in [2.45, 2.75) is 11.6 Å². The highest BCUT2D eigenvalue weighted by Crippen LogP contribution is 2.41. The van der Waals surface area contributed by atoms with Crippen LogP contribution in [0.25, 0.3) is 11.4 Å². The van der Waals surface area contributed by atoms with Crippen molar-refractivity contribution in [1.29, 1.82) is 0 Å². The number of aliphatic carboxylic acids is 1. The lowest BCUT2D eigenvalue weighted by atomic mass is 10.1. The molecule has 2 aromatic rings. The molecule has 1 N–H and O–H groups in total. The molecule has 9 nitrogen and oxygen atoms in total. The number of thioether (sulfide) groups is 1. The van der Waals surface area contributed by atoms with Gasteiger partial charge < -0.3 is 19.3 Å². The molecule has 0 bridgehead atoms. The number of ether oxygens (including phenoxy) is 3. The van der Waals surface area contributed by atoms with Crippen LogP contribution >= 0.6 is 11.8 Å². The first-order valence-electron chi connectivity index (χ1n) is 7.24. The molecule has 0 aliphatic carbocycles. The van der Waals surface area contributed by atoms with Gasteiger partial charge in [-0.05, 0) is 12.1 Å². The molecular weight excluding hydrogens is 348 g/mol. The highest BCUT2D eigenvalue weighted by atomic mass is 32.2. The van der Waals surface area contributed by atoms with Crippen molar-refractivity contribution in [2.24, 2.45) is 5.10 Å². The summed E-state index contributed by atoms with van der Waals surface area (Å²) in [6.07, 6.45) is -0.126. The third-order valence-electron chi connectivity index (χ3n) is 3.50. The van der Waals surface area contributed by atoms with E-state index in [0.717, 1.165) is 0 Å². The van der Waals surface area contributed by atoms with Gasteiger partial charge in [0.05, 0.1) is 33.5 Å². The molecule has 0 atom stereocenters. The lowest BCUT2D eigenvalue weighted by molar-refractivity contribution is -0.135. The molecule has 1 aliphatic heterocycles. The zero-order valence-electron chi connectivity index (χ0n) is 13.8. The highest BCUT2D eigenvalue weighted by Gasteiger charge is 2.23. The van der Waals surface area contributed by atoms with Crippen molar-refractivity contribution in [2.75, 3.05) is 27.1 Å². The maximum absolute atomic E-state index is 10.9. The fourth-order valence-corrected chi connectivity index (χ4v) is 3.22. The Kier molecular flexibility index (Phi) is 4.79. The number of hydrogen-bond acceptors (Lipinski definition) is 8. The minimum Gasteiger partial charge on any atom is -0.493 e. The summed E-state index contributed by atoms with van der Waals surface area (Å²) in [4.78, 5) is 10.9. The van der Waals surface area contributed by atoms with Gasteiger partial charge in [-0.15, -0.1) is 10.2 Å². The van der Waals surface area contributed by atoms with Gasteiger partial charge in [-0.3, -0.25) is 4.79 Å². The molecule has 1 aromatic heterocycles. The number of carboxylic acids is 1. The Hall–Kier alpha value is -2.75. The van der Waals surface area contributed by atoms with Crippen LogP contribution < -0.4 is 14.2 Å². The molecule has 0 amide bonds. The van der Waals surface area contributed by atoms with Crippen LogP contribution in [0, 0.1) is 0 Å². The van der Waals surface area contributed by atoms with E-state index >= 15 is 0 Å². The average molecular weight is 364 g/mol. The lowest BCUT2D eigenvalue weighted by Crippen LogP contribution is -2.16. The number of aromatic nitrogens is 3. The molecule has 1 aromatic carbocycles. The Morgan fingerprint density at radius 1 is 1.20 bits per heavy atom. The molecule has 0 saturated carbocycles. The monoisotopic (exact) mass is 364 g/mol. The SMILES string of the molecule is COc1cc(-c2nnc3n2N=C(CC(=O)O)CS3)cc(OC)c1OC. The number of benzene rings is 1. The number of carbonyl (C=O) groups is 1. The zero-order valence-corrected chi connectivity index (χ0v) is 14.7. The first-order chi connectivity index (χ1) is 12.1. The minimum absolute atomic E-state index is 0.126. The Morgan fingerprint density at radius 2 is 1.88 bits per heavy atom. The average Bonchev–Trinajstić information content (AvgIpc) is 3.03. The van der Waals surface area contributed by atoms with Gasteiger partial charge in [0.25, 0.3) is 0 Å². The summed E-state index contributed by atoms with van der Waals surface area (Å²) in [5.41, 5.74) is 1.20. The van der Waals surface area contributed by atoms with Crippen molar-refractivity contribution in [3.63, 3.8) is 0 Å². The van der Waals surface area contributed by atoms with Crippen LogP contribution in [0.5, 0.6) is 17.2 Å². The van der Waals surface area contributed by atoms with Crippen molar-refractivity contribution < 1.29 is 24.1 Å². The Labute approximate surface area is 147 Å². The van der Waals surface area contributed by atoms with Gasteiger partial charge in [0, 0.05) is 11.3 Å². The first-order valence-corrected chi connectivity index (χ1v) is 8.23. The molecule has 0 fully saturated rings. The summed E-state index contributed by atoms with van der Waals surface area (Å²) in [6, 6.07) is 3.48. The van der Waals surface area contributed by atoms with E-state index in [1.165, 1.54) is 37.8 Å². The fourth-order valence-electron chi connectivity index (χ4n) is 2.41. The van der Waals surface area contributed by atoms with E-state index in [1.54, 1.807) is 12.1 Å². The molecule has 25 heavy (non-hydrogen) atoms. The summed E-state index contributed by atoms with van der Waals surface area (Å²) in [6.45, 7) is 0. The Morgan fingerprint density at radius 3 is 2.44 bits per heavy atom. The third-order valence-corrected chi connectivity index (χ3v) is 4.49. The largest absolute Gasteiger partial charge is 0.493 e. The van der Waals surface area contributed by atoms with Crippen molar-refractivity contribution in [3.05, 3.63) is 12.1 Å². The smallest absolute Gasteiger partial charge is 0.309 e. The number of nitrogens with zero attached hydrogens (tertiary/aromatic N) is 4. The standard InChI is InChI=1S/C15H16N4O5S/c1-22-10-4-8(5-11(23-2)13(10)24-3)14-16-17-15-19(14)18-9(7-25-15)6-12(20)21/h4-5H,6-7H2,1-3H3,(H,20,21). The van der Waals surface area contributed by atoms with Crippen LogP contribution in [0.1, 0.15) is 6.42 Å². The van der Waals surface area contributed by atoms with Crippen LogP contribution in [0.3, 0.4) is 0 Å². The number of methoxy groups -OCH3 is 3. The zero-order chi connectivity index (χ0) is 18.0. The summed E-state index contributed by atoms with van der Waals surface area (Å²) < 4.78 is 17.6. The summed E-state index contributed by atoms with van der Waals surface area (Å²) in [5, 5.41) is 22.2. The first kappa shape index (κ1) is 17.1. The molecule has 132 valence electrons. The second kappa shape index (κ2) is 7.01. The topological polar surface area (TPSA) is 108 Å². The Bertz CT molecular complexity index is 823. The minimum atomic E-state index is -0.926. The molecule has 0 unspecified atom stereocenters. The van der Waals surface area contributed by atoms with Crippen LogP contribution in [-0.2, 0) is 4.79 Å². The molecule has 0 spiro atoms. The van der Waals surface area contributed by atoms with E-state index in [2.05, 4.69) is 15.3 Å². The number of hydrogen-bond donors (Lipinski definition) is 1. The summed E-state index contributed by atoms with van der Waals surface area (Å²) >= 11 is 1.39. The van der Waals surface area contributed by atoms with Gasteiger partial charge in [0.2, 0.25) is 10.9 Å². The quantitative estimate of drug-likeness (QED) is 0.826. The van der Waals surface area contributed by atoms with E-state index in [9.17, 15) is 4.79 Å². The van der Waals surface area contributed by atoms with Gasteiger partial charge in [-0.2, -0.15) is 9.78 Å². The third kappa shape index (κ3) is 3.25. The van der Waals surface area contributed by atoms with E-state index in [4.69, 9.17) is 19.3 Å².